The summed E-state index contributed by atoms with van der Waals surface area (Å²) in [5, 5.41) is 23.2. The first kappa shape index (κ1) is 20.1. The Hall–Kier alpha value is -2.68. The molecule has 9 heteroatoms. The highest BCUT2D eigenvalue weighted by molar-refractivity contribution is 5.96. The van der Waals surface area contributed by atoms with Crippen molar-refractivity contribution in [3.05, 3.63) is 33.4 Å². The van der Waals surface area contributed by atoms with E-state index in [-0.39, 0.29) is 29.9 Å². The van der Waals surface area contributed by atoms with Gasteiger partial charge >= 0.3 is 5.97 Å². The molecule has 0 unspecified atom stereocenters. The third kappa shape index (κ3) is 4.59. The standard InChI is InChI=1S/C19H25N3O6/c1-11-16(22(26)27)5-13(6-17(11)28-2)19(25)20-14-7-15(8-14)21(10-18(23)24)9-12-3-4-12/h5-6,12,14-15H,3-4,7-10H2,1-2H3,(H,20,25)(H,23,24). The molecule has 0 spiro atoms. The van der Waals surface area contributed by atoms with Gasteiger partial charge in [-0.05, 0) is 44.6 Å². The number of carbonyl (C=O) groups excluding carboxylic acids is 1. The van der Waals surface area contributed by atoms with Crippen molar-refractivity contribution < 1.29 is 24.4 Å². The number of benzene rings is 1. The molecular weight excluding hydrogens is 366 g/mol. The fourth-order valence-corrected chi connectivity index (χ4v) is 3.63. The number of carboxylic acids is 1. The molecule has 2 fully saturated rings. The molecule has 28 heavy (non-hydrogen) atoms. The number of amides is 1. The average molecular weight is 391 g/mol. The van der Waals surface area contributed by atoms with Crippen molar-refractivity contribution in [3.63, 3.8) is 0 Å². The van der Waals surface area contributed by atoms with E-state index in [9.17, 15) is 19.7 Å². The molecular formula is C19H25N3O6. The van der Waals surface area contributed by atoms with Crippen molar-refractivity contribution in [2.24, 2.45) is 5.92 Å². The maximum atomic E-state index is 12.5. The van der Waals surface area contributed by atoms with Crippen LogP contribution >= 0.6 is 0 Å². The van der Waals surface area contributed by atoms with Gasteiger partial charge in [0.1, 0.15) is 5.75 Å². The van der Waals surface area contributed by atoms with E-state index in [0.29, 0.717) is 30.1 Å². The molecule has 0 saturated heterocycles. The summed E-state index contributed by atoms with van der Waals surface area (Å²) in [7, 11) is 1.40. The van der Waals surface area contributed by atoms with Gasteiger partial charge in [0.2, 0.25) is 0 Å². The minimum atomic E-state index is -0.841. The van der Waals surface area contributed by atoms with Crippen molar-refractivity contribution in [3.8, 4) is 5.75 Å². The van der Waals surface area contributed by atoms with Crippen LogP contribution in [0.1, 0.15) is 41.6 Å². The quantitative estimate of drug-likeness (QED) is 0.487. The molecule has 2 saturated carbocycles. The van der Waals surface area contributed by atoms with Gasteiger partial charge in [-0.2, -0.15) is 0 Å². The number of methoxy groups -OCH3 is 1. The molecule has 152 valence electrons. The van der Waals surface area contributed by atoms with Crippen LogP contribution in [0.2, 0.25) is 0 Å². The number of nitro groups is 1. The van der Waals surface area contributed by atoms with Gasteiger partial charge in [-0.3, -0.25) is 24.6 Å². The third-order valence-corrected chi connectivity index (χ3v) is 5.50. The lowest BCUT2D eigenvalue weighted by Crippen LogP contribution is -2.55. The number of aliphatic carboxylic acids is 1. The molecule has 0 radical (unpaired) electrons. The van der Waals surface area contributed by atoms with Crippen LogP contribution in [-0.2, 0) is 4.79 Å². The third-order valence-electron chi connectivity index (χ3n) is 5.50. The monoisotopic (exact) mass is 391 g/mol. The average Bonchev–Trinajstić information content (AvgIpc) is 3.40. The molecule has 3 rings (SSSR count). The number of rotatable bonds is 9. The summed E-state index contributed by atoms with van der Waals surface area (Å²) in [6, 6.07) is 2.83. The fraction of sp³-hybridized carbons (Fsp3) is 0.579. The van der Waals surface area contributed by atoms with Crippen molar-refractivity contribution in [2.75, 3.05) is 20.2 Å². The molecule has 1 amide bonds. The second-order valence-electron chi connectivity index (χ2n) is 7.64. The molecule has 0 aromatic heterocycles. The van der Waals surface area contributed by atoms with E-state index in [2.05, 4.69) is 5.32 Å². The maximum Gasteiger partial charge on any atom is 0.317 e. The Kier molecular flexibility index (Phi) is 5.83. The van der Waals surface area contributed by atoms with Crippen LogP contribution in [0.15, 0.2) is 12.1 Å². The number of nitrogens with zero attached hydrogens (tertiary/aromatic N) is 2. The first-order valence-electron chi connectivity index (χ1n) is 9.38. The molecule has 0 heterocycles. The predicted octanol–water partition coefficient (Wildman–Crippen LogP) is 1.97. The number of nitrogens with one attached hydrogen (secondary N) is 1. The molecule has 0 aliphatic heterocycles. The Labute approximate surface area is 162 Å². The molecule has 0 bridgehead atoms. The zero-order valence-corrected chi connectivity index (χ0v) is 16.0. The van der Waals surface area contributed by atoms with E-state index in [1.807, 2.05) is 4.90 Å². The number of nitro benzene ring substituents is 1. The summed E-state index contributed by atoms with van der Waals surface area (Å²) in [5.74, 6) is -0.347. The Morgan fingerprint density at radius 2 is 2.04 bits per heavy atom. The lowest BCUT2D eigenvalue weighted by molar-refractivity contribution is -0.385. The van der Waals surface area contributed by atoms with Gasteiger partial charge in [0.15, 0.2) is 0 Å². The van der Waals surface area contributed by atoms with Crippen LogP contribution in [0, 0.1) is 23.0 Å². The van der Waals surface area contributed by atoms with Gasteiger partial charge in [-0.15, -0.1) is 0 Å². The normalized spacial score (nSPS) is 21.1. The fourth-order valence-electron chi connectivity index (χ4n) is 3.63. The van der Waals surface area contributed by atoms with Gasteiger partial charge in [0.05, 0.1) is 24.1 Å². The second-order valence-corrected chi connectivity index (χ2v) is 7.64. The molecule has 1 aromatic rings. The number of ether oxygens (including phenoxy) is 1. The summed E-state index contributed by atoms with van der Waals surface area (Å²) in [6.45, 7) is 2.38. The topological polar surface area (TPSA) is 122 Å². The van der Waals surface area contributed by atoms with Crippen LogP contribution < -0.4 is 10.1 Å². The van der Waals surface area contributed by atoms with E-state index >= 15 is 0 Å². The Balaban J connectivity index is 1.61. The summed E-state index contributed by atoms with van der Waals surface area (Å²) < 4.78 is 5.15. The predicted molar refractivity (Wildman–Crippen MR) is 101 cm³/mol. The number of carbonyl (C=O) groups is 2. The zero-order valence-electron chi connectivity index (χ0n) is 16.0. The first-order chi connectivity index (χ1) is 13.3. The van der Waals surface area contributed by atoms with Crippen LogP contribution in [0.5, 0.6) is 5.75 Å². The minimum Gasteiger partial charge on any atom is -0.496 e. The molecule has 2 N–H and O–H groups in total. The van der Waals surface area contributed by atoms with Gasteiger partial charge in [0.25, 0.3) is 11.6 Å². The van der Waals surface area contributed by atoms with E-state index < -0.39 is 16.8 Å². The van der Waals surface area contributed by atoms with E-state index in [1.54, 1.807) is 6.92 Å². The molecule has 2 aliphatic rings. The van der Waals surface area contributed by atoms with Crippen LogP contribution in [-0.4, -0.2) is 59.1 Å². The second kappa shape index (κ2) is 8.14. The van der Waals surface area contributed by atoms with Crippen LogP contribution in [0.25, 0.3) is 0 Å². The number of hydrogen-bond acceptors (Lipinski definition) is 6. The maximum absolute atomic E-state index is 12.5. The molecule has 2 aliphatic carbocycles. The molecule has 9 nitrogen and oxygen atoms in total. The Morgan fingerprint density at radius 3 is 2.57 bits per heavy atom. The minimum absolute atomic E-state index is 0.0171. The lowest BCUT2D eigenvalue weighted by atomic mass is 9.85. The van der Waals surface area contributed by atoms with Crippen molar-refractivity contribution in [1.29, 1.82) is 0 Å². The summed E-state index contributed by atoms with van der Waals surface area (Å²) in [5.41, 5.74) is 0.392. The first-order valence-corrected chi connectivity index (χ1v) is 9.38. The highest BCUT2D eigenvalue weighted by atomic mass is 16.6. The van der Waals surface area contributed by atoms with E-state index in [0.717, 1.165) is 19.4 Å². The summed E-state index contributed by atoms with van der Waals surface area (Å²) in [4.78, 5) is 36.3. The van der Waals surface area contributed by atoms with Gasteiger partial charge in [-0.1, -0.05) is 0 Å². The van der Waals surface area contributed by atoms with Gasteiger partial charge in [0, 0.05) is 30.3 Å². The van der Waals surface area contributed by atoms with Crippen molar-refractivity contribution >= 4 is 17.6 Å². The van der Waals surface area contributed by atoms with Crippen molar-refractivity contribution in [2.45, 2.75) is 44.7 Å². The van der Waals surface area contributed by atoms with Crippen LogP contribution in [0.3, 0.4) is 0 Å². The van der Waals surface area contributed by atoms with Crippen LogP contribution in [0.4, 0.5) is 5.69 Å². The Bertz CT molecular complexity index is 786. The highest BCUT2D eigenvalue weighted by Crippen LogP contribution is 2.34. The SMILES string of the molecule is COc1cc(C(=O)NC2CC(N(CC(=O)O)CC3CC3)C2)cc([N+](=O)[O-])c1C. The van der Waals surface area contributed by atoms with E-state index in [4.69, 9.17) is 9.84 Å². The summed E-state index contributed by atoms with van der Waals surface area (Å²) in [6.07, 6.45) is 3.65. The number of carboxylic acid groups (broad SMARTS) is 1. The largest absolute Gasteiger partial charge is 0.496 e. The van der Waals surface area contributed by atoms with Crippen molar-refractivity contribution in [1.82, 2.24) is 10.2 Å². The Morgan fingerprint density at radius 1 is 1.36 bits per heavy atom. The number of hydrogen-bond donors (Lipinski definition) is 2. The smallest absolute Gasteiger partial charge is 0.317 e. The highest BCUT2D eigenvalue weighted by Gasteiger charge is 2.38. The molecule has 0 atom stereocenters. The molecule has 1 aromatic carbocycles. The van der Waals surface area contributed by atoms with Gasteiger partial charge in [-0.25, -0.2) is 0 Å². The van der Waals surface area contributed by atoms with Gasteiger partial charge < -0.3 is 15.2 Å². The lowest BCUT2D eigenvalue weighted by Gasteiger charge is -2.42. The summed E-state index contributed by atoms with van der Waals surface area (Å²) >= 11 is 0. The van der Waals surface area contributed by atoms with E-state index in [1.165, 1.54) is 19.2 Å². The zero-order chi connectivity index (χ0) is 20.4.